The van der Waals surface area contributed by atoms with Crippen molar-refractivity contribution in [3.63, 3.8) is 0 Å². The molecule has 1 N–H and O–H groups in total. The van der Waals surface area contributed by atoms with Crippen molar-refractivity contribution in [2.45, 2.75) is 44.2 Å². The molecule has 0 bridgehead atoms. The second-order valence-electron chi connectivity index (χ2n) is 7.48. The second kappa shape index (κ2) is 10.4. The molecule has 0 spiro atoms. The van der Waals surface area contributed by atoms with E-state index in [2.05, 4.69) is 5.32 Å². The van der Waals surface area contributed by atoms with Crippen LogP contribution in [0.5, 0.6) is 5.75 Å². The number of nitrogens with one attached hydrogen (secondary N) is 1. The highest BCUT2D eigenvalue weighted by molar-refractivity contribution is 7.92. The standard InChI is InChI=1S/C22H30N2O6S2/c1-6-21(24(32(5,28)29)18-10-12-19(13-11-18)30-7-2)22(25)23-16(3)17-8-14-20(15-9-17)31(4,26)27/h8-16,21H,6-7H2,1-5H3,(H,23,25). The number of sulfone groups is 1. The Labute approximate surface area is 190 Å². The van der Waals surface area contributed by atoms with Crippen LogP contribution < -0.4 is 14.4 Å². The summed E-state index contributed by atoms with van der Waals surface area (Å²) in [5.74, 6) is 0.153. The van der Waals surface area contributed by atoms with Crippen LogP contribution >= 0.6 is 0 Å². The van der Waals surface area contributed by atoms with E-state index in [-0.39, 0.29) is 11.3 Å². The average Bonchev–Trinajstić information content (AvgIpc) is 2.71. The predicted octanol–water partition coefficient (Wildman–Crippen LogP) is 2.91. The third-order valence-electron chi connectivity index (χ3n) is 4.90. The van der Waals surface area contributed by atoms with Crippen LogP contribution in [0.3, 0.4) is 0 Å². The molecule has 32 heavy (non-hydrogen) atoms. The summed E-state index contributed by atoms with van der Waals surface area (Å²) in [6.45, 7) is 5.83. The molecule has 0 saturated heterocycles. The van der Waals surface area contributed by atoms with Crippen LogP contribution in [0.1, 0.15) is 38.8 Å². The number of nitrogens with zero attached hydrogens (tertiary/aromatic N) is 1. The highest BCUT2D eigenvalue weighted by Gasteiger charge is 2.32. The average molecular weight is 483 g/mol. The Balaban J connectivity index is 2.27. The molecule has 2 aromatic rings. The molecule has 0 aromatic heterocycles. The van der Waals surface area contributed by atoms with Crippen molar-refractivity contribution in [2.75, 3.05) is 23.4 Å². The van der Waals surface area contributed by atoms with E-state index in [4.69, 9.17) is 4.74 Å². The monoisotopic (exact) mass is 482 g/mol. The zero-order valence-electron chi connectivity index (χ0n) is 18.9. The summed E-state index contributed by atoms with van der Waals surface area (Å²) >= 11 is 0. The molecule has 2 atom stereocenters. The zero-order valence-corrected chi connectivity index (χ0v) is 20.5. The second-order valence-corrected chi connectivity index (χ2v) is 11.4. The zero-order chi connectivity index (χ0) is 24.1. The van der Waals surface area contributed by atoms with Crippen molar-refractivity contribution < 1.29 is 26.4 Å². The Hall–Kier alpha value is -2.59. The van der Waals surface area contributed by atoms with Crippen LogP contribution in [0.25, 0.3) is 0 Å². The first-order chi connectivity index (χ1) is 14.9. The Morgan fingerprint density at radius 3 is 1.97 bits per heavy atom. The molecule has 0 radical (unpaired) electrons. The van der Waals surface area contributed by atoms with Gasteiger partial charge in [-0.3, -0.25) is 9.10 Å². The van der Waals surface area contributed by atoms with E-state index in [0.29, 0.717) is 23.6 Å². The van der Waals surface area contributed by atoms with Crippen LogP contribution in [-0.4, -0.2) is 47.9 Å². The van der Waals surface area contributed by atoms with Gasteiger partial charge in [0, 0.05) is 6.26 Å². The fourth-order valence-electron chi connectivity index (χ4n) is 3.31. The molecule has 2 rings (SSSR count). The lowest BCUT2D eigenvalue weighted by Gasteiger charge is -2.31. The first-order valence-electron chi connectivity index (χ1n) is 10.2. The molecule has 0 saturated carbocycles. The minimum atomic E-state index is -3.76. The van der Waals surface area contributed by atoms with Crippen molar-refractivity contribution >= 4 is 31.5 Å². The molecule has 2 unspecified atom stereocenters. The molecule has 1 amide bonds. The normalized spacial score (nSPS) is 13.8. The van der Waals surface area contributed by atoms with Crippen molar-refractivity contribution in [2.24, 2.45) is 0 Å². The van der Waals surface area contributed by atoms with Crippen LogP contribution in [-0.2, 0) is 24.7 Å². The molecule has 0 heterocycles. The fourth-order valence-corrected chi connectivity index (χ4v) is 5.16. The van der Waals surface area contributed by atoms with Gasteiger partial charge in [0.05, 0.1) is 29.5 Å². The van der Waals surface area contributed by atoms with Gasteiger partial charge in [-0.1, -0.05) is 19.1 Å². The number of hydrogen-bond acceptors (Lipinski definition) is 6. The molecular weight excluding hydrogens is 452 g/mol. The number of ether oxygens (including phenoxy) is 1. The lowest BCUT2D eigenvalue weighted by Crippen LogP contribution is -2.49. The maximum atomic E-state index is 13.1. The van der Waals surface area contributed by atoms with E-state index in [1.165, 1.54) is 12.1 Å². The number of carbonyl (C=O) groups is 1. The third kappa shape index (κ3) is 6.46. The number of rotatable bonds is 10. The first kappa shape index (κ1) is 25.7. The van der Waals surface area contributed by atoms with Crippen molar-refractivity contribution in [3.05, 3.63) is 54.1 Å². The maximum Gasteiger partial charge on any atom is 0.244 e. The quantitative estimate of drug-likeness (QED) is 0.558. The van der Waals surface area contributed by atoms with Gasteiger partial charge in [-0.05, 0) is 62.2 Å². The summed E-state index contributed by atoms with van der Waals surface area (Å²) < 4.78 is 55.0. The summed E-state index contributed by atoms with van der Waals surface area (Å²) in [6, 6.07) is 11.3. The molecule has 8 nitrogen and oxygen atoms in total. The van der Waals surface area contributed by atoms with Crippen molar-refractivity contribution in [1.82, 2.24) is 5.32 Å². The molecule has 0 aliphatic carbocycles. The topological polar surface area (TPSA) is 110 Å². The van der Waals surface area contributed by atoms with Gasteiger partial charge in [-0.2, -0.15) is 0 Å². The molecular formula is C22H30N2O6S2. The highest BCUT2D eigenvalue weighted by Crippen LogP contribution is 2.26. The van der Waals surface area contributed by atoms with Gasteiger partial charge in [0.1, 0.15) is 11.8 Å². The van der Waals surface area contributed by atoms with Crippen LogP contribution in [0, 0.1) is 0 Å². The van der Waals surface area contributed by atoms with Crippen LogP contribution in [0.4, 0.5) is 5.69 Å². The number of anilines is 1. The molecule has 0 aliphatic rings. The van der Waals surface area contributed by atoms with E-state index in [0.717, 1.165) is 16.8 Å². The van der Waals surface area contributed by atoms with Crippen molar-refractivity contribution in [3.8, 4) is 5.75 Å². The SMILES string of the molecule is CCOc1ccc(N(C(CC)C(=O)NC(C)c2ccc(S(C)(=O)=O)cc2)S(C)(=O)=O)cc1. The summed E-state index contributed by atoms with van der Waals surface area (Å²) in [6.07, 6.45) is 2.44. The van der Waals surface area contributed by atoms with Gasteiger partial charge in [-0.15, -0.1) is 0 Å². The summed E-state index contributed by atoms with van der Waals surface area (Å²) in [5.41, 5.74) is 1.07. The van der Waals surface area contributed by atoms with E-state index in [1.54, 1.807) is 50.2 Å². The third-order valence-corrected chi connectivity index (χ3v) is 7.21. The summed E-state index contributed by atoms with van der Waals surface area (Å²) in [4.78, 5) is 13.3. The molecule has 176 valence electrons. The van der Waals surface area contributed by atoms with Gasteiger partial charge >= 0.3 is 0 Å². The van der Waals surface area contributed by atoms with E-state index >= 15 is 0 Å². The molecule has 10 heteroatoms. The molecule has 0 aliphatic heterocycles. The van der Waals surface area contributed by atoms with Gasteiger partial charge in [0.15, 0.2) is 9.84 Å². The van der Waals surface area contributed by atoms with Gasteiger partial charge in [0.25, 0.3) is 0 Å². The number of carbonyl (C=O) groups excluding carboxylic acids is 1. The fraction of sp³-hybridized carbons (Fsp3) is 0.409. The van der Waals surface area contributed by atoms with Gasteiger partial charge in [0.2, 0.25) is 15.9 Å². The number of benzene rings is 2. The lowest BCUT2D eigenvalue weighted by molar-refractivity contribution is -0.122. The number of amides is 1. The highest BCUT2D eigenvalue weighted by atomic mass is 32.2. The molecule has 2 aromatic carbocycles. The summed E-state index contributed by atoms with van der Waals surface area (Å²) in [7, 11) is -7.08. The van der Waals surface area contributed by atoms with Crippen LogP contribution in [0.2, 0.25) is 0 Å². The van der Waals surface area contributed by atoms with Crippen molar-refractivity contribution in [1.29, 1.82) is 0 Å². The molecule has 0 fully saturated rings. The Morgan fingerprint density at radius 1 is 0.969 bits per heavy atom. The Morgan fingerprint density at radius 2 is 1.53 bits per heavy atom. The minimum absolute atomic E-state index is 0.185. The van der Waals surface area contributed by atoms with E-state index in [1.807, 2.05) is 6.92 Å². The van der Waals surface area contributed by atoms with E-state index in [9.17, 15) is 21.6 Å². The largest absolute Gasteiger partial charge is 0.494 e. The predicted molar refractivity (Wildman–Crippen MR) is 125 cm³/mol. The maximum absolute atomic E-state index is 13.1. The Kier molecular flexibility index (Phi) is 8.30. The summed E-state index contributed by atoms with van der Waals surface area (Å²) in [5, 5.41) is 2.84. The van der Waals surface area contributed by atoms with Crippen LogP contribution in [0.15, 0.2) is 53.4 Å². The minimum Gasteiger partial charge on any atom is -0.494 e. The van der Waals surface area contributed by atoms with Gasteiger partial charge in [-0.25, -0.2) is 16.8 Å². The number of sulfonamides is 1. The van der Waals surface area contributed by atoms with E-state index < -0.39 is 37.9 Å². The first-order valence-corrected chi connectivity index (χ1v) is 13.9. The van der Waals surface area contributed by atoms with Gasteiger partial charge < -0.3 is 10.1 Å². The smallest absolute Gasteiger partial charge is 0.244 e. The Bertz CT molecular complexity index is 1130. The lowest BCUT2D eigenvalue weighted by atomic mass is 10.1. The number of hydrogen-bond donors (Lipinski definition) is 1.